The highest BCUT2D eigenvalue weighted by Gasteiger charge is 2.31. The smallest absolute Gasteiger partial charge is 0.319 e. The Balaban J connectivity index is 1.39. The van der Waals surface area contributed by atoms with Crippen molar-refractivity contribution in [1.82, 2.24) is 9.29 Å². The molecule has 5 aromatic rings. The quantitative estimate of drug-likeness (QED) is 0.357. The van der Waals surface area contributed by atoms with Crippen molar-refractivity contribution in [2.75, 3.05) is 0 Å². The molecular formula is C27H20N2O2S. The largest absolute Gasteiger partial charge is 0.385 e. The van der Waals surface area contributed by atoms with Crippen LogP contribution in [-0.4, -0.2) is 13.5 Å². The molecule has 1 aliphatic heterocycles. The van der Waals surface area contributed by atoms with Gasteiger partial charge in [-0.3, -0.25) is 4.31 Å². The van der Waals surface area contributed by atoms with E-state index in [9.17, 15) is 4.21 Å². The fourth-order valence-corrected chi connectivity index (χ4v) is 5.23. The topological polar surface area (TPSA) is 45.3 Å². The first-order valence-corrected chi connectivity index (χ1v) is 11.5. The number of fused-ring (bicyclic) bond motifs is 3. The summed E-state index contributed by atoms with van der Waals surface area (Å²) >= 11 is -1.73. The van der Waals surface area contributed by atoms with E-state index in [-0.39, 0.29) is 6.04 Å². The summed E-state index contributed by atoms with van der Waals surface area (Å²) in [6.07, 6.45) is 3.84. The summed E-state index contributed by atoms with van der Waals surface area (Å²) in [6.45, 7) is 0. The minimum absolute atomic E-state index is 0.259. The number of nitrogens with one attached hydrogen (secondary N) is 1. The van der Waals surface area contributed by atoms with Crippen molar-refractivity contribution in [2.24, 2.45) is 0 Å². The Morgan fingerprint density at radius 1 is 0.781 bits per heavy atom. The van der Waals surface area contributed by atoms with Crippen LogP contribution in [0.4, 0.5) is 0 Å². The summed E-state index contributed by atoms with van der Waals surface area (Å²) < 4.78 is 21.2. The zero-order chi connectivity index (χ0) is 21.5. The molecule has 0 aliphatic carbocycles. The summed E-state index contributed by atoms with van der Waals surface area (Å²) in [5.41, 5.74) is 4.21. The van der Waals surface area contributed by atoms with Crippen molar-refractivity contribution in [3.05, 3.63) is 120 Å². The second kappa shape index (κ2) is 7.70. The number of aromatic nitrogens is 1. The molecule has 0 bridgehead atoms. The van der Waals surface area contributed by atoms with E-state index in [0.717, 1.165) is 38.5 Å². The fraction of sp³-hybridized carbons (Fsp3) is 0.0370. The molecule has 1 aromatic heterocycles. The van der Waals surface area contributed by atoms with Gasteiger partial charge in [0.15, 0.2) is 0 Å². The second-order valence-electron chi connectivity index (χ2n) is 7.83. The van der Waals surface area contributed by atoms with Gasteiger partial charge in [0.1, 0.15) is 11.8 Å². The number of benzene rings is 4. The van der Waals surface area contributed by atoms with Crippen molar-refractivity contribution in [2.45, 2.75) is 6.04 Å². The van der Waals surface area contributed by atoms with Gasteiger partial charge >= 0.3 is 11.3 Å². The first-order chi connectivity index (χ1) is 15.8. The van der Waals surface area contributed by atoms with Crippen LogP contribution in [0.2, 0.25) is 0 Å². The van der Waals surface area contributed by atoms with Crippen LogP contribution in [0.5, 0.6) is 5.75 Å². The Morgan fingerprint density at radius 2 is 1.53 bits per heavy atom. The van der Waals surface area contributed by atoms with Gasteiger partial charge in [-0.25, -0.2) is 0 Å². The lowest BCUT2D eigenvalue weighted by molar-refractivity contribution is 0.428. The lowest BCUT2D eigenvalue weighted by atomic mass is 9.95. The number of hydrogen-bond acceptors (Lipinski definition) is 2. The van der Waals surface area contributed by atoms with Crippen LogP contribution < -0.4 is 4.18 Å². The van der Waals surface area contributed by atoms with Gasteiger partial charge in [-0.05, 0) is 57.6 Å². The maximum atomic E-state index is 13.5. The molecule has 5 heteroatoms. The number of para-hydroxylation sites is 1. The monoisotopic (exact) mass is 436 g/mol. The molecule has 0 fully saturated rings. The van der Waals surface area contributed by atoms with Gasteiger partial charge < -0.3 is 9.17 Å². The number of aromatic amines is 1. The molecule has 0 spiro atoms. The molecule has 156 valence electrons. The maximum Gasteiger partial charge on any atom is 0.319 e. The molecule has 6 rings (SSSR count). The van der Waals surface area contributed by atoms with E-state index < -0.39 is 11.3 Å². The number of rotatable bonds is 4. The molecule has 2 unspecified atom stereocenters. The molecule has 2 atom stereocenters. The molecule has 32 heavy (non-hydrogen) atoms. The Morgan fingerprint density at radius 3 is 2.41 bits per heavy atom. The predicted molar refractivity (Wildman–Crippen MR) is 130 cm³/mol. The third-order valence-corrected chi connectivity index (χ3v) is 6.86. The maximum absolute atomic E-state index is 13.5. The zero-order valence-electron chi connectivity index (χ0n) is 17.1. The average molecular weight is 437 g/mol. The normalized spacial score (nSPS) is 16.2. The summed E-state index contributed by atoms with van der Waals surface area (Å²) in [7, 11) is 0. The lowest BCUT2D eigenvalue weighted by Gasteiger charge is -2.32. The second-order valence-corrected chi connectivity index (χ2v) is 8.85. The van der Waals surface area contributed by atoms with E-state index in [1.807, 2.05) is 79.0 Å². The van der Waals surface area contributed by atoms with Gasteiger partial charge in [-0.1, -0.05) is 72.8 Å². The van der Waals surface area contributed by atoms with Gasteiger partial charge in [0.2, 0.25) is 0 Å². The third-order valence-electron chi connectivity index (χ3n) is 5.85. The van der Waals surface area contributed by atoms with Crippen LogP contribution in [0.15, 0.2) is 103 Å². The van der Waals surface area contributed by atoms with E-state index in [2.05, 4.69) is 35.3 Å². The van der Waals surface area contributed by atoms with Crippen LogP contribution in [0.3, 0.4) is 0 Å². The van der Waals surface area contributed by atoms with E-state index in [4.69, 9.17) is 4.18 Å². The molecular weight excluding hydrogens is 416 g/mol. The van der Waals surface area contributed by atoms with E-state index in [0.29, 0.717) is 5.75 Å². The van der Waals surface area contributed by atoms with Crippen LogP contribution in [0.25, 0.3) is 27.8 Å². The summed E-state index contributed by atoms with van der Waals surface area (Å²) in [4.78, 5) is 3.51. The third kappa shape index (κ3) is 3.27. The lowest BCUT2D eigenvalue weighted by Crippen LogP contribution is -2.32. The first-order valence-electron chi connectivity index (χ1n) is 10.5. The van der Waals surface area contributed by atoms with Gasteiger partial charge in [0.05, 0.1) is 0 Å². The van der Waals surface area contributed by atoms with Crippen molar-refractivity contribution in [3.63, 3.8) is 0 Å². The highest BCUT2D eigenvalue weighted by molar-refractivity contribution is 7.78. The minimum Gasteiger partial charge on any atom is -0.385 e. The highest BCUT2D eigenvalue weighted by atomic mass is 32.2. The standard InChI is InChI=1S/C27H20N2O2S/c30-32(31-23-14-13-19-7-1-2-9-21(19)17-23)29-16-15-20-8-3-5-11-24(20)27(29)26-18-22-10-4-6-12-25(22)28-26/h1-18,27-28H. The predicted octanol–water partition coefficient (Wildman–Crippen LogP) is 6.35. The number of nitrogens with zero attached hydrogens (tertiary/aromatic N) is 1. The Kier molecular flexibility index (Phi) is 4.55. The Bertz CT molecular complexity index is 1470. The van der Waals surface area contributed by atoms with Gasteiger partial charge in [0, 0.05) is 17.4 Å². The molecule has 4 aromatic carbocycles. The molecule has 0 amide bonds. The van der Waals surface area contributed by atoms with Gasteiger partial charge in [-0.15, -0.1) is 0 Å². The van der Waals surface area contributed by atoms with Crippen LogP contribution >= 0.6 is 0 Å². The molecule has 0 saturated carbocycles. The van der Waals surface area contributed by atoms with E-state index in [1.54, 1.807) is 4.31 Å². The highest BCUT2D eigenvalue weighted by Crippen LogP contribution is 2.37. The van der Waals surface area contributed by atoms with Crippen molar-refractivity contribution in [3.8, 4) is 5.75 Å². The SMILES string of the molecule is O=S(Oc1ccc2ccccc2c1)N1C=Cc2ccccc2C1c1cc2ccccc2[nH]1. The Hall–Kier alpha value is -3.83. The molecule has 2 heterocycles. The fourth-order valence-electron chi connectivity index (χ4n) is 4.32. The molecule has 1 N–H and O–H groups in total. The van der Waals surface area contributed by atoms with Gasteiger partial charge in [0.25, 0.3) is 0 Å². The van der Waals surface area contributed by atoms with Crippen LogP contribution in [0.1, 0.15) is 22.9 Å². The van der Waals surface area contributed by atoms with Gasteiger partial charge in [-0.2, -0.15) is 4.21 Å². The molecule has 4 nitrogen and oxygen atoms in total. The van der Waals surface area contributed by atoms with Crippen LogP contribution in [-0.2, 0) is 11.3 Å². The molecule has 1 aliphatic rings. The summed E-state index contributed by atoms with van der Waals surface area (Å²) in [6, 6.07) is 32.0. The Labute approximate surface area is 188 Å². The van der Waals surface area contributed by atoms with Crippen LogP contribution in [0, 0.1) is 0 Å². The summed E-state index contributed by atoms with van der Waals surface area (Å²) in [5.74, 6) is 0.574. The first kappa shape index (κ1) is 18.9. The average Bonchev–Trinajstić information content (AvgIpc) is 3.27. The number of H-pyrrole nitrogens is 1. The summed E-state index contributed by atoms with van der Waals surface area (Å²) in [5, 5.41) is 3.29. The van der Waals surface area contributed by atoms with Crippen molar-refractivity contribution in [1.29, 1.82) is 0 Å². The zero-order valence-corrected chi connectivity index (χ0v) is 18.0. The number of hydrogen-bond donors (Lipinski definition) is 1. The van der Waals surface area contributed by atoms with E-state index >= 15 is 0 Å². The molecule has 0 radical (unpaired) electrons. The van der Waals surface area contributed by atoms with Crippen molar-refractivity contribution < 1.29 is 8.39 Å². The minimum atomic E-state index is -1.73. The van der Waals surface area contributed by atoms with E-state index in [1.165, 1.54) is 0 Å². The van der Waals surface area contributed by atoms with Crippen molar-refractivity contribution >= 4 is 39.0 Å². The molecule has 0 saturated heterocycles.